The van der Waals surface area contributed by atoms with Gasteiger partial charge in [0.2, 0.25) is 0 Å². The number of benzene rings is 1. The molecule has 126 valence electrons. The molecule has 0 radical (unpaired) electrons. The number of aromatic nitrogens is 2. The van der Waals surface area contributed by atoms with Gasteiger partial charge in [-0.05, 0) is 36.6 Å². The molecule has 24 heavy (non-hydrogen) atoms. The molecule has 0 spiro atoms. The third-order valence-corrected chi connectivity index (χ3v) is 4.98. The minimum Gasteiger partial charge on any atom is -0.481 e. The zero-order valence-corrected chi connectivity index (χ0v) is 13.8. The lowest BCUT2D eigenvalue weighted by molar-refractivity contribution is -0.148. The smallest absolute Gasteiger partial charge is 0.311 e. The quantitative estimate of drug-likeness (QED) is 0.933. The molecule has 1 aliphatic heterocycles. The fraction of sp³-hybridized carbons (Fsp3) is 0.389. The van der Waals surface area contributed by atoms with E-state index in [4.69, 9.17) is 0 Å². The first-order valence-corrected chi connectivity index (χ1v) is 7.99. The Morgan fingerprint density at radius 1 is 1.33 bits per heavy atom. The Morgan fingerprint density at radius 2 is 2.04 bits per heavy atom. The lowest BCUT2D eigenvalue weighted by Gasteiger charge is -2.22. The summed E-state index contributed by atoms with van der Waals surface area (Å²) < 4.78 is 1.82. The molecule has 1 aromatic heterocycles. The number of carboxylic acids is 1. The molecule has 1 N–H and O–H groups in total. The van der Waals surface area contributed by atoms with E-state index in [-0.39, 0.29) is 18.4 Å². The molecule has 3 rings (SSSR count). The summed E-state index contributed by atoms with van der Waals surface area (Å²) in [7, 11) is 0. The van der Waals surface area contributed by atoms with Gasteiger partial charge >= 0.3 is 5.97 Å². The van der Waals surface area contributed by atoms with Crippen LogP contribution < -0.4 is 0 Å². The number of carbonyl (C=O) groups excluding carboxylic acids is 1. The fourth-order valence-electron chi connectivity index (χ4n) is 3.10. The maximum Gasteiger partial charge on any atom is 0.311 e. The van der Waals surface area contributed by atoms with Crippen molar-refractivity contribution in [3.63, 3.8) is 0 Å². The summed E-state index contributed by atoms with van der Waals surface area (Å²) in [6, 6.07) is 9.27. The van der Waals surface area contributed by atoms with Gasteiger partial charge in [-0.3, -0.25) is 14.3 Å². The fourth-order valence-corrected chi connectivity index (χ4v) is 3.10. The molecule has 2 heterocycles. The molecule has 1 aliphatic rings. The van der Waals surface area contributed by atoms with Crippen LogP contribution in [-0.2, 0) is 11.3 Å². The van der Waals surface area contributed by atoms with E-state index in [0.717, 1.165) is 5.56 Å². The van der Waals surface area contributed by atoms with Crippen molar-refractivity contribution in [3.05, 3.63) is 53.9 Å². The molecule has 0 bridgehead atoms. The Kier molecular flexibility index (Phi) is 4.13. The van der Waals surface area contributed by atoms with Gasteiger partial charge in [0.05, 0.1) is 12.0 Å². The van der Waals surface area contributed by atoms with Crippen LogP contribution in [0.2, 0.25) is 0 Å². The number of nitrogens with zero attached hydrogens (tertiary/aromatic N) is 3. The maximum absolute atomic E-state index is 12.6. The zero-order valence-electron chi connectivity index (χ0n) is 13.8. The second kappa shape index (κ2) is 6.11. The lowest BCUT2D eigenvalue weighted by Crippen LogP contribution is -2.36. The third-order valence-electron chi connectivity index (χ3n) is 4.98. The van der Waals surface area contributed by atoms with E-state index in [0.29, 0.717) is 18.7 Å². The van der Waals surface area contributed by atoms with Gasteiger partial charge in [-0.1, -0.05) is 19.1 Å². The molecule has 0 aliphatic carbocycles. The summed E-state index contributed by atoms with van der Waals surface area (Å²) in [4.78, 5) is 25.8. The Labute approximate surface area is 140 Å². The molecule has 6 heteroatoms. The van der Waals surface area contributed by atoms with Crippen LogP contribution in [0.4, 0.5) is 0 Å². The van der Waals surface area contributed by atoms with Gasteiger partial charge in [-0.2, -0.15) is 5.10 Å². The molecule has 0 saturated carbocycles. The van der Waals surface area contributed by atoms with E-state index in [1.54, 1.807) is 30.2 Å². The lowest BCUT2D eigenvalue weighted by atomic mass is 9.81. The first-order chi connectivity index (χ1) is 11.4. The highest BCUT2D eigenvalue weighted by Crippen LogP contribution is 2.36. The molecule has 1 aromatic carbocycles. The van der Waals surface area contributed by atoms with Crippen LogP contribution in [0.1, 0.15) is 29.8 Å². The Balaban J connectivity index is 1.71. The number of hydrogen-bond donors (Lipinski definition) is 1. The van der Waals surface area contributed by atoms with Crippen LogP contribution in [0.3, 0.4) is 0 Å². The summed E-state index contributed by atoms with van der Waals surface area (Å²) in [5, 5.41) is 13.6. The molecular weight excluding hydrogens is 306 g/mol. The average molecular weight is 327 g/mol. The van der Waals surface area contributed by atoms with Crippen LogP contribution in [0.25, 0.3) is 0 Å². The highest BCUT2D eigenvalue weighted by Gasteiger charge is 2.47. The summed E-state index contributed by atoms with van der Waals surface area (Å²) in [5.41, 5.74) is 0.761. The number of likely N-dealkylation sites (tertiary alicyclic amines) is 1. The van der Waals surface area contributed by atoms with Gasteiger partial charge < -0.3 is 10.0 Å². The van der Waals surface area contributed by atoms with Gasteiger partial charge in [0.25, 0.3) is 5.91 Å². The standard InChI is InChI=1S/C18H21N3O3/c1-13-10-20(12-18(13,2)17(23)24)16(22)15-6-4-14(5-7-15)11-21-9-3-8-19-21/h3-9,13H,10-12H2,1-2H3,(H,23,24)/t13-,18-/m1/s1. The molecule has 2 atom stereocenters. The van der Waals surface area contributed by atoms with E-state index in [1.165, 1.54) is 0 Å². The average Bonchev–Trinajstić information content (AvgIpc) is 3.17. The van der Waals surface area contributed by atoms with Crippen LogP contribution >= 0.6 is 0 Å². The Bertz CT molecular complexity index is 739. The van der Waals surface area contributed by atoms with Crippen LogP contribution in [0, 0.1) is 11.3 Å². The largest absolute Gasteiger partial charge is 0.481 e. The van der Waals surface area contributed by atoms with Crippen molar-refractivity contribution in [3.8, 4) is 0 Å². The van der Waals surface area contributed by atoms with Crippen molar-refractivity contribution in [2.24, 2.45) is 11.3 Å². The topological polar surface area (TPSA) is 75.4 Å². The number of amides is 1. The van der Waals surface area contributed by atoms with Crippen molar-refractivity contribution in [2.75, 3.05) is 13.1 Å². The summed E-state index contributed by atoms with van der Waals surface area (Å²) in [6.45, 7) is 4.96. The van der Waals surface area contributed by atoms with E-state index in [1.807, 2.05) is 36.0 Å². The van der Waals surface area contributed by atoms with Gasteiger partial charge in [0.15, 0.2) is 0 Å². The van der Waals surface area contributed by atoms with Gasteiger partial charge in [-0.25, -0.2) is 0 Å². The first-order valence-electron chi connectivity index (χ1n) is 7.99. The SMILES string of the molecule is C[C@@H]1CN(C(=O)c2ccc(Cn3cccn3)cc2)C[C@@]1(C)C(=O)O. The van der Waals surface area contributed by atoms with Gasteiger partial charge in [0, 0.05) is 31.0 Å². The molecule has 1 amide bonds. The second-order valence-electron chi connectivity index (χ2n) is 6.71. The predicted octanol–water partition coefficient (Wildman–Crippen LogP) is 2.11. The molecule has 0 unspecified atom stereocenters. The van der Waals surface area contributed by atoms with Crippen molar-refractivity contribution in [2.45, 2.75) is 20.4 Å². The van der Waals surface area contributed by atoms with Crippen LogP contribution in [0.5, 0.6) is 0 Å². The molecule has 1 saturated heterocycles. The van der Waals surface area contributed by atoms with Crippen molar-refractivity contribution >= 4 is 11.9 Å². The van der Waals surface area contributed by atoms with Gasteiger partial charge in [-0.15, -0.1) is 0 Å². The molecular formula is C18H21N3O3. The number of hydrogen-bond acceptors (Lipinski definition) is 3. The minimum absolute atomic E-state index is 0.0713. The van der Waals surface area contributed by atoms with Gasteiger partial charge in [0.1, 0.15) is 0 Å². The summed E-state index contributed by atoms with van der Waals surface area (Å²) in [5.74, 6) is -1.03. The van der Waals surface area contributed by atoms with Crippen molar-refractivity contribution < 1.29 is 14.7 Å². The van der Waals surface area contributed by atoms with E-state index in [9.17, 15) is 14.7 Å². The summed E-state index contributed by atoms with van der Waals surface area (Å²) >= 11 is 0. The minimum atomic E-state index is -0.879. The number of rotatable bonds is 4. The van der Waals surface area contributed by atoms with E-state index < -0.39 is 11.4 Å². The van der Waals surface area contributed by atoms with Crippen LogP contribution in [0.15, 0.2) is 42.7 Å². The number of carboxylic acid groups (broad SMARTS) is 1. The summed E-state index contributed by atoms with van der Waals surface area (Å²) in [6.07, 6.45) is 3.61. The monoisotopic (exact) mass is 327 g/mol. The highest BCUT2D eigenvalue weighted by molar-refractivity contribution is 5.95. The number of carbonyl (C=O) groups is 2. The second-order valence-corrected chi connectivity index (χ2v) is 6.71. The van der Waals surface area contributed by atoms with E-state index >= 15 is 0 Å². The zero-order chi connectivity index (χ0) is 17.3. The molecule has 1 fully saturated rings. The van der Waals surface area contributed by atoms with Crippen LogP contribution in [-0.4, -0.2) is 44.8 Å². The Morgan fingerprint density at radius 3 is 2.58 bits per heavy atom. The van der Waals surface area contributed by atoms with E-state index in [2.05, 4.69) is 5.10 Å². The normalized spacial score (nSPS) is 23.4. The third kappa shape index (κ3) is 2.91. The van der Waals surface area contributed by atoms with Crippen molar-refractivity contribution in [1.82, 2.24) is 14.7 Å². The van der Waals surface area contributed by atoms with Crippen molar-refractivity contribution in [1.29, 1.82) is 0 Å². The predicted molar refractivity (Wildman–Crippen MR) is 88.6 cm³/mol. The Hall–Kier alpha value is -2.63. The number of aliphatic carboxylic acids is 1. The maximum atomic E-state index is 12.6. The molecule has 6 nitrogen and oxygen atoms in total. The highest BCUT2D eigenvalue weighted by atomic mass is 16.4. The molecule has 2 aromatic rings. The first kappa shape index (κ1) is 16.2.